The van der Waals surface area contributed by atoms with Gasteiger partial charge in [0.15, 0.2) is 0 Å². The van der Waals surface area contributed by atoms with Crippen molar-refractivity contribution in [2.24, 2.45) is 0 Å². The lowest BCUT2D eigenvalue weighted by Crippen LogP contribution is -2.37. The molecule has 0 aliphatic carbocycles. The number of benzene rings is 1. The lowest BCUT2D eigenvalue weighted by atomic mass is 10.2. The highest BCUT2D eigenvalue weighted by molar-refractivity contribution is 7.92. The van der Waals surface area contributed by atoms with Gasteiger partial charge < -0.3 is 4.90 Å². The average molecular weight is 420 g/mol. The zero-order chi connectivity index (χ0) is 20.0. The molecule has 0 N–H and O–H groups in total. The summed E-state index contributed by atoms with van der Waals surface area (Å²) < 4.78 is 26.8. The van der Waals surface area contributed by atoms with Gasteiger partial charge in [0.25, 0.3) is 0 Å². The summed E-state index contributed by atoms with van der Waals surface area (Å²) in [5, 5.41) is 1.68. The van der Waals surface area contributed by atoms with Gasteiger partial charge in [0, 0.05) is 48.5 Å². The number of carbonyl (C=O) groups is 1. The minimum atomic E-state index is -3.59. The van der Waals surface area contributed by atoms with Crippen molar-refractivity contribution in [3.8, 4) is 0 Å². The first kappa shape index (κ1) is 20.5. The van der Waals surface area contributed by atoms with Crippen LogP contribution in [0, 0.1) is 0 Å². The molecule has 0 saturated carbocycles. The summed E-state index contributed by atoms with van der Waals surface area (Å²) in [6, 6.07) is 12.5. The van der Waals surface area contributed by atoms with E-state index in [1.807, 2.05) is 12.1 Å². The van der Waals surface area contributed by atoms with E-state index in [9.17, 15) is 13.2 Å². The highest BCUT2D eigenvalue weighted by atomic mass is 35.5. The maximum atomic E-state index is 12.7. The van der Waals surface area contributed by atoms with E-state index in [0.717, 1.165) is 0 Å². The molecule has 2 heterocycles. The van der Waals surface area contributed by atoms with Crippen molar-refractivity contribution >= 4 is 33.6 Å². The molecule has 0 atom stereocenters. The van der Waals surface area contributed by atoms with Gasteiger partial charge in [0.2, 0.25) is 15.9 Å². The molecule has 1 aliphatic heterocycles. The van der Waals surface area contributed by atoms with Crippen molar-refractivity contribution in [1.82, 2.24) is 14.2 Å². The molecule has 8 heteroatoms. The second kappa shape index (κ2) is 9.32. The van der Waals surface area contributed by atoms with Gasteiger partial charge >= 0.3 is 0 Å². The van der Waals surface area contributed by atoms with E-state index in [-0.39, 0.29) is 18.9 Å². The lowest BCUT2D eigenvalue weighted by molar-refractivity contribution is -0.130. The monoisotopic (exact) mass is 419 g/mol. The van der Waals surface area contributed by atoms with Crippen molar-refractivity contribution in [2.45, 2.75) is 12.8 Å². The SMILES string of the molecule is O=C(Cc1ccccn1)N1CCCN(S(=O)(=O)/C=C/c2ccccc2Cl)CC1. The third-order valence-electron chi connectivity index (χ3n) is 4.55. The Morgan fingerprint density at radius 2 is 1.86 bits per heavy atom. The number of rotatable bonds is 5. The van der Waals surface area contributed by atoms with Gasteiger partial charge in [-0.15, -0.1) is 0 Å². The van der Waals surface area contributed by atoms with Crippen LogP contribution < -0.4 is 0 Å². The third kappa shape index (κ3) is 5.41. The van der Waals surface area contributed by atoms with E-state index in [1.165, 1.54) is 15.8 Å². The zero-order valence-electron chi connectivity index (χ0n) is 15.4. The summed E-state index contributed by atoms with van der Waals surface area (Å²) in [5.41, 5.74) is 1.36. The maximum Gasteiger partial charge on any atom is 0.236 e. The smallest absolute Gasteiger partial charge is 0.236 e. The molecule has 1 aromatic carbocycles. The van der Waals surface area contributed by atoms with Crippen molar-refractivity contribution in [3.05, 3.63) is 70.3 Å². The first-order valence-electron chi connectivity index (χ1n) is 9.06. The number of nitrogens with zero attached hydrogens (tertiary/aromatic N) is 3. The van der Waals surface area contributed by atoms with Crippen LogP contribution in [0.3, 0.4) is 0 Å². The molecule has 1 fully saturated rings. The predicted molar refractivity (Wildman–Crippen MR) is 110 cm³/mol. The average Bonchev–Trinajstić information content (AvgIpc) is 2.95. The minimum absolute atomic E-state index is 0.0374. The number of hydrogen-bond acceptors (Lipinski definition) is 4. The summed E-state index contributed by atoms with van der Waals surface area (Å²) >= 11 is 6.08. The predicted octanol–water partition coefficient (Wildman–Crippen LogP) is 2.81. The van der Waals surface area contributed by atoms with Gasteiger partial charge in [-0.2, -0.15) is 4.31 Å². The number of pyridine rings is 1. The number of halogens is 1. The summed E-state index contributed by atoms with van der Waals surface area (Å²) in [4.78, 5) is 18.4. The van der Waals surface area contributed by atoms with E-state index in [4.69, 9.17) is 11.6 Å². The third-order valence-corrected chi connectivity index (χ3v) is 6.46. The standard InChI is InChI=1S/C20H22ClN3O3S/c21-19-8-2-1-6-17(19)9-15-28(26,27)24-12-5-11-23(13-14-24)20(25)16-18-7-3-4-10-22-18/h1-4,6-10,15H,5,11-14,16H2/b15-9+. The summed E-state index contributed by atoms with van der Waals surface area (Å²) in [5.74, 6) is -0.0374. The van der Waals surface area contributed by atoms with Crippen LogP contribution in [0.1, 0.15) is 17.7 Å². The Bertz CT molecular complexity index is 948. The highest BCUT2D eigenvalue weighted by Crippen LogP contribution is 2.18. The number of amides is 1. The molecule has 1 aliphatic rings. The van der Waals surface area contributed by atoms with Crippen molar-refractivity contribution in [3.63, 3.8) is 0 Å². The molecule has 28 heavy (non-hydrogen) atoms. The van der Waals surface area contributed by atoms with Gasteiger partial charge in [0.05, 0.1) is 6.42 Å². The van der Waals surface area contributed by atoms with E-state index in [0.29, 0.717) is 42.3 Å². The second-order valence-corrected chi connectivity index (χ2v) is 8.73. The van der Waals surface area contributed by atoms with Crippen LogP contribution in [-0.4, -0.2) is 54.7 Å². The summed E-state index contributed by atoms with van der Waals surface area (Å²) in [6.45, 7) is 1.54. The molecule has 0 bridgehead atoms. The molecule has 0 unspecified atom stereocenters. The van der Waals surface area contributed by atoms with Crippen LogP contribution in [0.4, 0.5) is 0 Å². The van der Waals surface area contributed by atoms with Gasteiger partial charge in [0.1, 0.15) is 0 Å². The summed E-state index contributed by atoms with van der Waals surface area (Å²) in [7, 11) is -3.59. The van der Waals surface area contributed by atoms with Crippen molar-refractivity contribution in [1.29, 1.82) is 0 Å². The Balaban J connectivity index is 1.62. The zero-order valence-corrected chi connectivity index (χ0v) is 16.9. The number of hydrogen-bond donors (Lipinski definition) is 0. The number of aromatic nitrogens is 1. The number of carbonyl (C=O) groups excluding carboxylic acids is 1. The first-order valence-corrected chi connectivity index (χ1v) is 10.9. The molecule has 0 spiro atoms. The first-order chi connectivity index (χ1) is 13.5. The molecule has 1 amide bonds. The molecule has 0 radical (unpaired) electrons. The van der Waals surface area contributed by atoms with E-state index in [1.54, 1.807) is 41.4 Å². The van der Waals surface area contributed by atoms with Crippen molar-refractivity contribution < 1.29 is 13.2 Å². The molecule has 1 saturated heterocycles. The van der Waals surface area contributed by atoms with Crippen LogP contribution >= 0.6 is 11.6 Å². The van der Waals surface area contributed by atoms with E-state index >= 15 is 0 Å². The Labute approximate surface area is 170 Å². The van der Waals surface area contributed by atoms with Gasteiger partial charge in [-0.1, -0.05) is 35.9 Å². The quantitative estimate of drug-likeness (QED) is 0.747. The molecule has 6 nitrogen and oxygen atoms in total. The topological polar surface area (TPSA) is 70.6 Å². The van der Waals surface area contributed by atoms with Crippen LogP contribution in [-0.2, 0) is 21.2 Å². The summed E-state index contributed by atoms with van der Waals surface area (Å²) in [6.07, 6.45) is 3.98. The fourth-order valence-electron chi connectivity index (χ4n) is 3.02. The minimum Gasteiger partial charge on any atom is -0.341 e. The Kier molecular flexibility index (Phi) is 6.83. The largest absolute Gasteiger partial charge is 0.341 e. The van der Waals surface area contributed by atoms with Gasteiger partial charge in [-0.25, -0.2) is 8.42 Å². The Hall–Kier alpha value is -2.22. The molecule has 3 rings (SSSR count). The van der Waals surface area contributed by atoms with Gasteiger partial charge in [-0.3, -0.25) is 9.78 Å². The fourth-order valence-corrected chi connectivity index (χ4v) is 4.43. The Morgan fingerprint density at radius 1 is 1.07 bits per heavy atom. The normalized spacial score (nSPS) is 16.2. The van der Waals surface area contributed by atoms with E-state index in [2.05, 4.69) is 4.98 Å². The highest BCUT2D eigenvalue weighted by Gasteiger charge is 2.25. The Morgan fingerprint density at radius 3 is 2.61 bits per heavy atom. The lowest BCUT2D eigenvalue weighted by Gasteiger charge is -2.21. The van der Waals surface area contributed by atoms with E-state index < -0.39 is 10.0 Å². The second-order valence-electron chi connectivity index (χ2n) is 6.50. The molecular formula is C20H22ClN3O3S. The maximum absolute atomic E-state index is 12.7. The molecule has 2 aromatic rings. The van der Waals surface area contributed by atoms with Crippen LogP contribution in [0.15, 0.2) is 54.1 Å². The van der Waals surface area contributed by atoms with Crippen molar-refractivity contribution in [2.75, 3.05) is 26.2 Å². The van der Waals surface area contributed by atoms with Gasteiger partial charge in [-0.05, 0) is 36.3 Å². The van der Waals surface area contributed by atoms with Crippen LogP contribution in [0.2, 0.25) is 5.02 Å². The van der Waals surface area contributed by atoms with Crippen LogP contribution in [0.25, 0.3) is 6.08 Å². The molecular weight excluding hydrogens is 398 g/mol. The van der Waals surface area contributed by atoms with Crippen LogP contribution in [0.5, 0.6) is 0 Å². The molecule has 1 aromatic heterocycles. The molecule has 148 valence electrons. The number of sulfonamides is 1. The fraction of sp³-hybridized carbons (Fsp3) is 0.300.